The summed E-state index contributed by atoms with van der Waals surface area (Å²) in [5.41, 5.74) is 0.740. The lowest BCUT2D eigenvalue weighted by Crippen LogP contribution is -1.84. The van der Waals surface area contributed by atoms with Crippen molar-refractivity contribution in [1.82, 2.24) is 14.2 Å². The third kappa shape index (κ3) is 1.87. The van der Waals surface area contributed by atoms with Crippen LogP contribution in [-0.4, -0.2) is 14.2 Å². The van der Waals surface area contributed by atoms with Crippen molar-refractivity contribution in [2.45, 2.75) is 0 Å². The number of rotatable bonds is 1. The monoisotopic (exact) mass is 245 g/mol. The van der Waals surface area contributed by atoms with Crippen LogP contribution in [0.5, 0.6) is 0 Å². The average Bonchev–Trinajstić information content (AvgIpc) is 2.51. The lowest BCUT2D eigenvalue weighted by atomic mass is 10.2. The summed E-state index contributed by atoms with van der Waals surface area (Å²) in [5.74, 6) is 0.529. The predicted molar refractivity (Wildman–Crippen MR) is 59.9 cm³/mol. The molecule has 0 fully saturated rings. The van der Waals surface area contributed by atoms with Crippen molar-refractivity contribution in [3.05, 3.63) is 34.6 Å². The molecular formula is C8H5Cl2N3S. The molecule has 0 radical (unpaired) electrons. The van der Waals surface area contributed by atoms with E-state index in [2.05, 4.69) is 22.9 Å². The maximum Gasteiger partial charge on any atom is 0.183 e. The van der Waals surface area contributed by atoms with E-state index in [9.17, 15) is 0 Å². The van der Waals surface area contributed by atoms with Gasteiger partial charge in [0.1, 0.15) is 6.33 Å². The van der Waals surface area contributed by atoms with Gasteiger partial charge < -0.3 is 0 Å². The maximum absolute atomic E-state index is 5.97. The first-order valence-corrected chi connectivity index (χ1v) is 4.89. The molecule has 0 atom stereocenters. The molecule has 0 unspecified atom stereocenters. The van der Waals surface area contributed by atoms with E-state index in [0.717, 1.165) is 5.56 Å². The summed E-state index contributed by atoms with van der Waals surface area (Å²) >= 11 is 15.7. The molecule has 0 spiro atoms. The van der Waals surface area contributed by atoms with Crippen LogP contribution in [0.25, 0.3) is 11.4 Å². The van der Waals surface area contributed by atoms with Crippen molar-refractivity contribution < 1.29 is 0 Å². The fourth-order valence-corrected chi connectivity index (χ4v) is 1.68. The highest BCUT2D eigenvalue weighted by Gasteiger charge is 2.07. The highest BCUT2D eigenvalue weighted by Crippen LogP contribution is 2.27. The van der Waals surface area contributed by atoms with Gasteiger partial charge in [-0.2, -0.15) is 4.09 Å². The molecule has 72 valence electrons. The molecule has 1 aromatic heterocycles. The predicted octanol–water partition coefficient (Wildman–Crippen LogP) is 2.94. The van der Waals surface area contributed by atoms with E-state index in [1.807, 2.05) is 0 Å². The molecule has 1 heterocycles. The van der Waals surface area contributed by atoms with Crippen molar-refractivity contribution in [1.29, 1.82) is 0 Å². The lowest BCUT2D eigenvalue weighted by Gasteiger charge is -1.98. The third-order valence-electron chi connectivity index (χ3n) is 1.65. The van der Waals surface area contributed by atoms with Gasteiger partial charge in [-0.05, 0) is 31.0 Å². The van der Waals surface area contributed by atoms with E-state index in [-0.39, 0.29) is 0 Å². The molecule has 0 N–H and O–H groups in total. The van der Waals surface area contributed by atoms with Gasteiger partial charge in [0, 0.05) is 10.6 Å². The Balaban J connectivity index is 2.52. The van der Waals surface area contributed by atoms with E-state index in [1.54, 1.807) is 18.2 Å². The standard InChI is InChI=1S/C8H5Cl2N3S/c9-5-1-2-6(7(10)3-5)8-11-4-13(14)12-8/h1-4,14H. The molecule has 3 nitrogen and oxygen atoms in total. The summed E-state index contributed by atoms with van der Waals surface area (Å²) in [5, 5.41) is 5.13. The van der Waals surface area contributed by atoms with E-state index in [0.29, 0.717) is 15.9 Å². The van der Waals surface area contributed by atoms with Crippen molar-refractivity contribution in [3.8, 4) is 11.4 Å². The molecule has 0 saturated carbocycles. The smallest absolute Gasteiger partial charge is 0.183 e. The number of benzene rings is 1. The summed E-state index contributed by atoms with van der Waals surface area (Å²) in [4.78, 5) is 4.02. The lowest BCUT2D eigenvalue weighted by molar-refractivity contribution is 1.02. The van der Waals surface area contributed by atoms with Gasteiger partial charge in [0.15, 0.2) is 5.82 Å². The van der Waals surface area contributed by atoms with E-state index >= 15 is 0 Å². The Labute approximate surface area is 96.2 Å². The highest BCUT2D eigenvalue weighted by molar-refractivity contribution is 7.78. The molecule has 6 heteroatoms. The minimum atomic E-state index is 0.525. The molecule has 0 saturated heterocycles. The van der Waals surface area contributed by atoms with Gasteiger partial charge >= 0.3 is 0 Å². The van der Waals surface area contributed by atoms with Crippen molar-refractivity contribution in [2.75, 3.05) is 0 Å². The quantitative estimate of drug-likeness (QED) is 0.784. The Kier molecular flexibility index (Phi) is 2.67. The minimum absolute atomic E-state index is 0.525. The van der Waals surface area contributed by atoms with Crippen molar-refractivity contribution in [3.63, 3.8) is 0 Å². The Bertz CT molecular complexity index is 469. The fraction of sp³-hybridized carbons (Fsp3) is 0. The summed E-state index contributed by atoms with van der Waals surface area (Å²) in [7, 11) is 0. The maximum atomic E-state index is 5.97. The van der Waals surface area contributed by atoms with E-state index in [4.69, 9.17) is 23.2 Å². The third-order valence-corrected chi connectivity index (χ3v) is 2.39. The number of thiol groups is 1. The van der Waals surface area contributed by atoms with Crippen LogP contribution in [0, 0.1) is 0 Å². The van der Waals surface area contributed by atoms with Gasteiger partial charge in [0.05, 0.1) is 5.02 Å². The number of hydrogen-bond donors (Lipinski definition) is 1. The van der Waals surface area contributed by atoms with Gasteiger partial charge in [-0.25, -0.2) is 4.98 Å². The zero-order valence-electron chi connectivity index (χ0n) is 6.85. The van der Waals surface area contributed by atoms with Crippen LogP contribution in [0.3, 0.4) is 0 Å². The molecule has 14 heavy (non-hydrogen) atoms. The van der Waals surface area contributed by atoms with Crippen molar-refractivity contribution >= 4 is 36.0 Å². The molecular weight excluding hydrogens is 241 g/mol. The topological polar surface area (TPSA) is 30.7 Å². The first-order chi connectivity index (χ1) is 6.66. The van der Waals surface area contributed by atoms with Crippen LogP contribution in [0.2, 0.25) is 10.0 Å². The first-order valence-electron chi connectivity index (χ1n) is 3.73. The molecule has 0 amide bonds. The van der Waals surface area contributed by atoms with Crippen LogP contribution in [0.1, 0.15) is 0 Å². The second kappa shape index (κ2) is 3.81. The SMILES string of the molecule is Sn1cnc(-c2ccc(Cl)cc2Cl)n1. The number of aromatic nitrogens is 3. The first kappa shape index (κ1) is 9.83. The van der Waals surface area contributed by atoms with E-state index in [1.165, 1.54) is 10.4 Å². The summed E-state index contributed by atoms with van der Waals surface area (Å²) < 4.78 is 1.32. The van der Waals surface area contributed by atoms with Gasteiger partial charge in [-0.1, -0.05) is 23.2 Å². The molecule has 2 rings (SSSR count). The fourth-order valence-electron chi connectivity index (χ4n) is 1.05. The normalized spacial score (nSPS) is 10.5. The second-order valence-corrected chi connectivity index (χ2v) is 3.87. The highest BCUT2D eigenvalue weighted by atomic mass is 35.5. The zero-order chi connectivity index (χ0) is 10.1. The van der Waals surface area contributed by atoms with Gasteiger partial charge in [-0.3, -0.25) is 0 Å². The average molecular weight is 246 g/mol. The Morgan fingerprint density at radius 2 is 2.07 bits per heavy atom. The number of nitrogens with zero attached hydrogens (tertiary/aromatic N) is 3. The molecule has 0 aliphatic heterocycles. The zero-order valence-corrected chi connectivity index (χ0v) is 9.26. The van der Waals surface area contributed by atoms with Gasteiger partial charge in [0.2, 0.25) is 0 Å². The second-order valence-electron chi connectivity index (χ2n) is 2.61. The molecule has 0 aliphatic carbocycles. The Hall–Kier alpha value is -0.710. The Morgan fingerprint density at radius 3 is 2.64 bits per heavy atom. The molecule has 1 aromatic carbocycles. The summed E-state index contributed by atoms with van der Waals surface area (Å²) in [6.45, 7) is 0. The minimum Gasteiger partial charge on any atom is -0.214 e. The van der Waals surface area contributed by atoms with Gasteiger partial charge in [-0.15, -0.1) is 5.10 Å². The number of halogens is 2. The number of hydrogen-bond acceptors (Lipinski definition) is 3. The molecule has 2 aromatic rings. The van der Waals surface area contributed by atoms with Crippen LogP contribution in [0.15, 0.2) is 24.5 Å². The van der Waals surface area contributed by atoms with E-state index < -0.39 is 0 Å². The molecule has 0 bridgehead atoms. The summed E-state index contributed by atoms with van der Waals surface area (Å²) in [6, 6.07) is 5.16. The van der Waals surface area contributed by atoms with Crippen LogP contribution < -0.4 is 0 Å². The summed E-state index contributed by atoms with van der Waals surface area (Å²) in [6.07, 6.45) is 1.49. The van der Waals surface area contributed by atoms with Crippen LogP contribution in [-0.2, 0) is 0 Å². The van der Waals surface area contributed by atoms with Crippen molar-refractivity contribution in [2.24, 2.45) is 0 Å². The Morgan fingerprint density at radius 1 is 1.29 bits per heavy atom. The van der Waals surface area contributed by atoms with Crippen LogP contribution in [0.4, 0.5) is 0 Å². The van der Waals surface area contributed by atoms with Gasteiger partial charge in [0.25, 0.3) is 0 Å². The largest absolute Gasteiger partial charge is 0.214 e. The molecule has 0 aliphatic rings. The van der Waals surface area contributed by atoms with Crippen LogP contribution >= 0.6 is 36.0 Å².